The summed E-state index contributed by atoms with van der Waals surface area (Å²) in [6, 6.07) is 0. The van der Waals surface area contributed by atoms with E-state index < -0.39 is 11.6 Å². The Hall–Kier alpha value is -0.420. The van der Waals surface area contributed by atoms with Crippen LogP contribution in [0.15, 0.2) is 12.7 Å². The average molecular weight is 240 g/mol. The second kappa shape index (κ2) is 4.35. The fourth-order valence-corrected chi connectivity index (χ4v) is 3.27. The van der Waals surface area contributed by atoms with Crippen molar-refractivity contribution in [2.45, 2.75) is 37.3 Å². The van der Waals surface area contributed by atoms with E-state index in [9.17, 15) is 0 Å². The van der Waals surface area contributed by atoms with Crippen molar-refractivity contribution in [3.63, 3.8) is 0 Å². The molecule has 17 heavy (non-hydrogen) atoms. The summed E-state index contributed by atoms with van der Waals surface area (Å²) >= 11 is 0. The maximum atomic E-state index is 5.90. The highest BCUT2D eigenvalue weighted by atomic mass is 16.8. The molecule has 3 rings (SSSR count). The van der Waals surface area contributed by atoms with E-state index in [1.54, 1.807) is 0 Å². The SMILES string of the molecule is C=CCC1CCC2(CC13OCCO3)OCCO2. The zero-order valence-corrected chi connectivity index (χ0v) is 10.2. The van der Waals surface area contributed by atoms with Crippen molar-refractivity contribution < 1.29 is 18.9 Å². The first-order chi connectivity index (χ1) is 8.29. The van der Waals surface area contributed by atoms with Crippen LogP contribution in [0.3, 0.4) is 0 Å². The summed E-state index contributed by atoms with van der Waals surface area (Å²) in [4.78, 5) is 0. The van der Waals surface area contributed by atoms with E-state index in [0.717, 1.165) is 19.3 Å². The molecule has 1 atom stereocenters. The molecule has 96 valence electrons. The molecule has 1 aliphatic carbocycles. The van der Waals surface area contributed by atoms with Crippen LogP contribution in [0.2, 0.25) is 0 Å². The van der Waals surface area contributed by atoms with E-state index in [4.69, 9.17) is 18.9 Å². The van der Waals surface area contributed by atoms with Crippen LogP contribution in [0.4, 0.5) is 0 Å². The zero-order chi connectivity index (χ0) is 11.8. The van der Waals surface area contributed by atoms with Crippen LogP contribution in [0.1, 0.15) is 25.7 Å². The van der Waals surface area contributed by atoms with E-state index >= 15 is 0 Å². The van der Waals surface area contributed by atoms with Gasteiger partial charge in [0, 0.05) is 12.3 Å². The van der Waals surface area contributed by atoms with Gasteiger partial charge in [-0.3, -0.25) is 0 Å². The quantitative estimate of drug-likeness (QED) is 0.690. The fourth-order valence-electron chi connectivity index (χ4n) is 3.27. The van der Waals surface area contributed by atoms with Crippen LogP contribution in [0.25, 0.3) is 0 Å². The number of hydrogen-bond acceptors (Lipinski definition) is 4. The summed E-state index contributed by atoms with van der Waals surface area (Å²) in [7, 11) is 0. The predicted octanol–water partition coefficient (Wildman–Crippen LogP) is 1.85. The average Bonchev–Trinajstić information content (AvgIpc) is 2.95. The van der Waals surface area contributed by atoms with Gasteiger partial charge in [0.15, 0.2) is 11.6 Å². The molecule has 0 N–H and O–H groups in total. The van der Waals surface area contributed by atoms with Crippen LogP contribution in [-0.4, -0.2) is 38.0 Å². The van der Waals surface area contributed by atoms with E-state index in [-0.39, 0.29) is 0 Å². The molecule has 1 saturated carbocycles. The fraction of sp³-hybridized carbons (Fsp3) is 0.846. The monoisotopic (exact) mass is 240 g/mol. The van der Waals surface area contributed by atoms with E-state index in [1.165, 1.54) is 0 Å². The number of ether oxygens (including phenoxy) is 4. The van der Waals surface area contributed by atoms with Gasteiger partial charge >= 0.3 is 0 Å². The van der Waals surface area contributed by atoms with Crippen LogP contribution < -0.4 is 0 Å². The number of hydrogen-bond donors (Lipinski definition) is 0. The number of rotatable bonds is 2. The standard InChI is InChI=1S/C13H20O4/c1-2-3-11-4-5-12(14-6-7-15-12)10-13(11)16-8-9-17-13/h2,11H,1,3-10H2. The van der Waals surface area contributed by atoms with Gasteiger partial charge in [0.05, 0.1) is 32.8 Å². The van der Waals surface area contributed by atoms with E-state index in [0.29, 0.717) is 38.8 Å². The molecule has 2 heterocycles. The highest BCUT2D eigenvalue weighted by molar-refractivity contribution is 4.97. The highest BCUT2D eigenvalue weighted by Crippen LogP contribution is 2.49. The largest absolute Gasteiger partial charge is 0.347 e. The minimum Gasteiger partial charge on any atom is -0.347 e. The molecule has 4 nitrogen and oxygen atoms in total. The maximum absolute atomic E-state index is 5.90. The number of allylic oxidation sites excluding steroid dienone is 1. The Balaban J connectivity index is 1.80. The summed E-state index contributed by atoms with van der Waals surface area (Å²) < 4.78 is 23.4. The first kappa shape index (κ1) is 11.7. The van der Waals surface area contributed by atoms with Crippen LogP contribution in [-0.2, 0) is 18.9 Å². The zero-order valence-electron chi connectivity index (χ0n) is 10.2. The second-order valence-corrected chi connectivity index (χ2v) is 5.05. The normalized spacial score (nSPS) is 34.5. The summed E-state index contributed by atoms with van der Waals surface area (Å²) in [5, 5.41) is 0. The topological polar surface area (TPSA) is 36.9 Å². The Kier molecular flexibility index (Phi) is 2.99. The van der Waals surface area contributed by atoms with Gasteiger partial charge in [0.2, 0.25) is 0 Å². The maximum Gasteiger partial charge on any atom is 0.176 e. The highest BCUT2D eigenvalue weighted by Gasteiger charge is 2.56. The third-order valence-corrected chi connectivity index (χ3v) is 4.05. The molecule has 0 aromatic rings. The predicted molar refractivity (Wildman–Crippen MR) is 61.4 cm³/mol. The molecule has 1 unspecified atom stereocenters. The van der Waals surface area contributed by atoms with Gasteiger partial charge in [-0.1, -0.05) is 6.08 Å². The second-order valence-electron chi connectivity index (χ2n) is 5.05. The summed E-state index contributed by atoms with van der Waals surface area (Å²) in [5.41, 5.74) is 0. The lowest BCUT2D eigenvalue weighted by molar-refractivity contribution is -0.294. The Morgan fingerprint density at radius 2 is 1.71 bits per heavy atom. The first-order valence-electron chi connectivity index (χ1n) is 6.45. The van der Waals surface area contributed by atoms with Crippen molar-refractivity contribution in [3.8, 4) is 0 Å². The molecule has 3 aliphatic rings. The van der Waals surface area contributed by atoms with Gasteiger partial charge in [0.1, 0.15) is 0 Å². The van der Waals surface area contributed by atoms with Crippen molar-refractivity contribution in [3.05, 3.63) is 12.7 Å². The minimum absolute atomic E-state index is 0.376. The molecular weight excluding hydrogens is 220 g/mol. The smallest absolute Gasteiger partial charge is 0.176 e. The molecule has 0 amide bonds. The lowest BCUT2D eigenvalue weighted by atomic mass is 9.78. The van der Waals surface area contributed by atoms with Crippen molar-refractivity contribution in [2.24, 2.45) is 5.92 Å². The third-order valence-electron chi connectivity index (χ3n) is 4.05. The molecule has 0 aromatic carbocycles. The molecule has 2 spiro atoms. The van der Waals surface area contributed by atoms with Crippen molar-refractivity contribution >= 4 is 0 Å². The van der Waals surface area contributed by atoms with Gasteiger partial charge in [-0.15, -0.1) is 6.58 Å². The van der Waals surface area contributed by atoms with Gasteiger partial charge in [-0.05, 0) is 12.8 Å². The van der Waals surface area contributed by atoms with Gasteiger partial charge in [0.25, 0.3) is 0 Å². The first-order valence-corrected chi connectivity index (χ1v) is 6.45. The van der Waals surface area contributed by atoms with Gasteiger partial charge in [-0.25, -0.2) is 0 Å². The van der Waals surface area contributed by atoms with Crippen LogP contribution in [0.5, 0.6) is 0 Å². The third kappa shape index (κ3) is 1.93. The molecule has 2 saturated heterocycles. The summed E-state index contributed by atoms with van der Waals surface area (Å²) in [6.45, 7) is 6.53. The Morgan fingerprint density at radius 3 is 2.35 bits per heavy atom. The van der Waals surface area contributed by atoms with Gasteiger partial charge in [-0.2, -0.15) is 0 Å². The minimum atomic E-state index is -0.503. The Morgan fingerprint density at radius 1 is 1.06 bits per heavy atom. The molecule has 0 radical (unpaired) electrons. The van der Waals surface area contributed by atoms with E-state index in [1.807, 2.05) is 6.08 Å². The van der Waals surface area contributed by atoms with Crippen molar-refractivity contribution in [1.29, 1.82) is 0 Å². The molecule has 2 aliphatic heterocycles. The lowest BCUT2D eigenvalue weighted by Crippen LogP contribution is -2.52. The Labute approximate surface area is 102 Å². The van der Waals surface area contributed by atoms with E-state index in [2.05, 4.69) is 6.58 Å². The molecular formula is C13H20O4. The lowest BCUT2D eigenvalue weighted by Gasteiger charge is -2.46. The van der Waals surface area contributed by atoms with Crippen LogP contribution >= 0.6 is 0 Å². The van der Waals surface area contributed by atoms with Crippen molar-refractivity contribution in [1.82, 2.24) is 0 Å². The van der Waals surface area contributed by atoms with Crippen molar-refractivity contribution in [2.75, 3.05) is 26.4 Å². The van der Waals surface area contributed by atoms with Gasteiger partial charge < -0.3 is 18.9 Å². The summed E-state index contributed by atoms with van der Waals surface area (Å²) in [6.07, 6.45) is 5.51. The summed E-state index contributed by atoms with van der Waals surface area (Å²) in [5.74, 6) is -0.584. The van der Waals surface area contributed by atoms with Crippen LogP contribution in [0, 0.1) is 5.92 Å². The Bertz CT molecular complexity index is 290. The molecule has 0 aromatic heterocycles. The molecule has 4 heteroatoms. The molecule has 0 bridgehead atoms. The molecule has 3 fully saturated rings.